The molecule has 0 saturated carbocycles. The van der Waals surface area contributed by atoms with Crippen LogP contribution in [0, 0.1) is 23.7 Å². The molecule has 22 heavy (non-hydrogen) atoms. The molecule has 0 radical (unpaired) electrons. The Labute approximate surface area is 129 Å². The lowest BCUT2D eigenvalue weighted by molar-refractivity contribution is 1.25. The van der Waals surface area contributed by atoms with Gasteiger partial charge in [-0.2, -0.15) is 0 Å². The highest BCUT2D eigenvalue weighted by atomic mass is 14.7. The first-order valence-electron chi connectivity index (χ1n) is 6.87. The van der Waals surface area contributed by atoms with Gasteiger partial charge < -0.3 is 0 Å². The van der Waals surface area contributed by atoms with Gasteiger partial charge >= 0.3 is 0 Å². The number of benzene rings is 1. The molecule has 2 heteroatoms. The molecule has 0 unspecified atom stereocenters. The van der Waals surface area contributed by atoms with Gasteiger partial charge in [0.05, 0.1) is 0 Å². The van der Waals surface area contributed by atoms with Crippen LogP contribution in [-0.2, 0) is 0 Å². The maximum Gasteiger partial charge on any atom is 0.115 e. The van der Waals surface area contributed by atoms with Crippen molar-refractivity contribution < 1.29 is 0 Å². The molecule has 0 aliphatic carbocycles. The second kappa shape index (κ2) is 6.88. The van der Waals surface area contributed by atoms with Crippen molar-refractivity contribution in [3.63, 3.8) is 0 Å². The standard InChI is InChI=1S/C20H12N2/c1-2-7-17(8-3-1)12-13-19-10-6-11-20(22-19)15-14-18-9-4-5-16-21-18/h1-11,16H. The molecule has 102 valence electrons. The zero-order valence-electron chi connectivity index (χ0n) is 11.8. The SMILES string of the molecule is C(#Cc1cccc(C#Cc2ccccn2)n1)c1ccccc1. The largest absolute Gasteiger partial charge is 0.248 e. The van der Waals surface area contributed by atoms with Gasteiger partial charge in [0.1, 0.15) is 17.1 Å². The summed E-state index contributed by atoms with van der Waals surface area (Å²) in [5, 5.41) is 0. The molecule has 0 fully saturated rings. The Morgan fingerprint density at radius 3 is 1.91 bits per heavy atom. The fourth-order valence-electron chi connectivity index (χ4n) is 1.80. The van der Waals surface area contributed by atoms with Crippen LogP contribution in [0.3, 0.4) is 0 Å². The van der Waals surface area contributed by atoms with Gasteiger partial charge in [0.2, 0.25) is 0 Å². The highest BCUT2D eigenvalue weighted by Gasteiger charge is 1.92. The normalized spacial score (nSPS) is 9.09. The van der Waals surface area contributed by atoms with Crippen molar-refractivity contribution in [1.82, 2.24) is 9.97 Å². The smallest absolute Gasteiger partial charge is 0.115 e. The van der Waals surface area contributed by atoms with Crippen molar-refractivity contribution >= 4 is 0 Å². The Morgan fingerprint density at radius 2 is 1.18 bits per heavy atom. The third-order valence-electron chi connectivity index (χ3n) is 2.84. The fraction of sp³-hybridized carbons (Fsp3) is 0. The van der Waals surface area contributed by atoms with Gasteiger partial charge in [0, 0.05) is 11.8 Å². The van der Waals surface area contributed by atoms with E-state index in [4.69, 9.17) is 0 Å². The molecule has 0 spiro atoms. The van der Waals surface area contributed by atoms with E-state index in [9.17, 15) is 0 Å². The molecule has 2 aromatic heterocycles. The Morgan fingerprint density at radius 1 is 0.545 bits per heavy atom. The number of aromatic nitrogens is 2. The number of hydrogen-bond acceptors (Lipinski definition) is 2. The Bertz CT molecular complexity index is 804. The van der Waals surface area contributed by atoms with Crippen LogP contribution in [0.2, 0.25) is 0 Å². The molecule has 3 aromatic rings. The van der Waals surface area contributed by atoms with Crippen LogP contribution in [0.15, 0.2) is 72.9 Å². The summed E-state index contributed by atoms with van der Waals surface area (Å²) < 4.78 is 0. The first kappa shape index (κ1) is 13.6. The van der Waals surface area contributed by atoms with Gasteiger partial charge in [-0.25, -0.2) is 9.97 Å². The zero-order chi connectivity index (χ0) is 15.0. The Hall–Kier alpha value is -3.36. The molecular weight excluding hydrogens is 268 g/mol. The number of rotatable bonds is 0. The second-order valence-corrected chi connectivity index (χ2v) is 4.49. The van der Waals surface area contributed by atoms with Crippen LogP contribution in [-0.4, -0.2) is 9.97 Å². The van der Waals surface area contributed by atoms with Crippen molar-refractivity contribution in [2.75, 3.05) is 0 Å². The quantitative estimate of drug-likeness (QED) is 0.591. The molecule has 0 aliphatic heterocycles. The van der Waals surface area contributed by atoms with Crippen LogP contribution < -0.4 is 0 Å². The molecule has 3 rings (SSSR count). The van der Waals surface area contributed by atoms with Crippen molar-refractivity contribution in [3.05, 3.63) is 95.6 Å². The van der Waals surface area contributed by atoms with Crippen LogP contribution >= 0.6 is 0 Å². The Kier molecular flexibility index (Phi) is 4.26. The van der Waals surface area contributed by atoms with E-state index >= 15 is 0 Å². The highest BCUT2D eigenvalue weighted by molar-refractivity contribution is 5.42. The highest BCUT2D eigenvalue weighted by Crippen LogP contribution is 2.00. The van der Waals surface area contributed by atoms with E-state index in [1.807, 2.05) is 66.7 Å². The average molecular weight is 280 g/mol. The molecule has 1 aromatic carbocycles. The number of pyridine rings is 2. The maximum absolute atomic E-state index is 4.43. The van der Waals surface area contributed by atoms with Crippen LogP contribution in [0.1, 0.15) is 22.6 Å². The summed E-state index contributed by atoms with van der Waals surface area (Å²) in [7, 11) is 0. The Balaban J connectivity index is 1.82. The van der Waals surface area contributed by atoms with Gasteiger partial charge in [-0.15, -0.1) is 0 Å². The summed E-state index contributed by atoms with van der Waals surface area (Å²) in [4.78, 5) is 8.59. The van der Waals surface area contributed by atoms with Crippen molar-refractivity contribution in [3.8, 4) is 23.7 Å². The van der Waals surface area contributed by atoms with Crippen LogP contribution in [0.4, 0.5) is 0 Å². The van der Waals surface area contributed by atoms with E-state index in [2.05, 4.69) is 33.6 Å². The summed E-state index contributed by atoms with van der Waals surface area (Å²) in [6.45, 7) is 0. The minimum absolute atomic E-state index is 0.686. The van der Waals surface area contributed by atoms with E-state index in [1.165, 1.54) is 0 Å². The molecule has 0 atom stereocenters. The second-order valence-electron chi connectivity index (χ2n) is 4.49. The van der Waals surface area contributed by atoms with Gasteiger partial charge in [0.15, 0.2) is 0 Å². The lowest BCUT2D eigenvalue weighted by atomic mass is 10.2. The minimum Gasteiger partial charge on any atom is -0.248 e. The summed E-state index contributed by atoms with van der Waals surface area (Å²) in [5.41, 5.74) is 3.08. The molecule has 2 nitrogen and oxygen atoms in total. The van der Waals surface area contributed by atoms with E-state index in [1.54, 1.807) is 6.20 Å². The van der Waals surface area contributed by atoms with Crippen LogP contribution in [0.25, 0.3) is 0 Å². The molecule has 0 saturated heterocycles. The first-order valence-corrected chi connectivity index (χ1v) is 6.87. The van der Waals surface area contributed by atoms with E-state index in [0.717, 1.165) is 11.3 Å². The fourth-order valence-corrected chi connectivity index (χ4v) is 1.80. The first-order chi connectivity index (χ1) is 10.9. The average Bonchev–Trinajstić information content (AvgIpc) is 2.60. The monoisotopic (exact) mass is 280 g/mol. The van der Waals surface area contributed by atoms with E-state index in [-0.39, 0.29) is 0 Å². The lowest BCUT2D eigenvalue weighted by Gasteiger charge is -1.92. The summed E-state index contributed by atoms with van der Waals surface area (Å²) in [6.07, 6.45) is 1.72. The van der Waals surface area contributed by atoms with Gasteiger partial charge in [-0.3, -0.25) is 0 Å². The van der Waals surface area contributed by atoms with Gasteiger partial charge in [0.25, 0.3) is 0 Å². The summed E-state index contributed by atoms with van der Waals surface area (Å²) in [5.74, 6) is 12.1. The zero-order valence-corrected chi connectivity index (χ0v) is 11.8. The minimum atomic E-state index is 0.686. The summed E-state index contributed by atoms with van der Waals surface area (Å²) >= 11 is 0. The third-order valence-corrected chi connectivity index (χ3v) is 2.84. The molecule has 0 bridgehead atoms. The van der Waals surface area contributed by atoms with Gasteiger partial charge in [-0.05, 0) is 54.2 Å². The number of nitrogens with zero attached hydrogens (tertiary/aromatic N) is 2. The maximum atomic E-state index is 4.43. The molecule has 2 heterocycles. The van der Waals surface area contributed by atoms with E-state index in [0.29, 0.717) is 11.4 Å². The van der Waals surface area contributed by atoms with Gasteiger partial charge in [-0.1, -0.05) is 36.3 Å². The predicted molar refractivity (Wildman–Crippen MR) is 86.9 cm³/mol. The molecular formula is C20H12N2. The van der Waals surface area contributed by atoms with Crippen LogP contribution in [0.5, 0.6) is 0 Å². The number of hydrogen-bond donors (Lipinski definition) is 0. The molecule has 0 aliphatic rings. The topological polar surface area (TPSA) is 25.8 Å². The van der Waals surface area contributed by atoms with Crippen molar-refractivity contribution in [2.24, 2.45) is 0 Å². The summed E-state index contributed by atoms with van der Waals surface area (Å²) in [6, 6.07) is 21.1. The third kappa shape index (κ3) is 3.82. The molecule has 0 amide bonds. The van der Waals surface area contributed by atoms with Crippen molar-refractivity contribution in [1.29, 1.82) is 0 Å². The molecule has 0 N–H and O–H groups in total. The predicted octanol–water partition coefficient (Wildman–Crippen LogP) is 3.28. The lowest BCUT2D eigenvalue weighted by Crippen LogP contribution is -1.87. The van der Waals surface area contributed by atoms with Crippen molar-refractivity contribution in [2.45, 2.75) is 0 Å². The van der Waals surface area contributed by atoms with E-state index < -0.39 is 0 Å².